The molecule has 86 valence electrons. The minimum Gasteiger partial charge on any atom is -0.383 e. The van der Waals surface area contributed by atoms with E-state index in [1.807, 2.05) is 0 Å². The number of benzene rings is 1. The molecule has 0 aliphatic rings. The molecule has 1 aromatic carbocycles. The maximum absolute atomic E-state index is 13.4. The molecule has 0 saturated carbocycles. The number of halogens is 2. The van der Waals surface area contributed by atoms with E-state index < -0.39 is 11.6 Å². The third-order valence-electron chi connectivity index (χ3n) is 2.47. The highest BCUT2D eigenvalue weighted by Gasteiger charge is 2.14. The van der Waals surface area contributed by atoms with Crippen molar-refractivity contribution in [3.8, 4) is 11.4 Å². The number of rotatable bonds is 1. The van der Waals surface area contributed by atoms with E-state index >= 15 is 0 Å². The molecule has 0 aliphatic heterocycles. The lowest BCUT2D eigenvalue weighted by Crippen LogP contribution is -1.88. The van der Waals surface area contributed by atoms with Crippen molar-refractivity contribution in [2.75, 3.05) is 5.73 Å². The van der Waals surface area contributed by atoms with Gasteiger partial charge >= 0.3 is 0 Å². The zero-order chi connectivity index (χ0) is 12.0. The number of aromatic amines is 2. The normalized spacial score (nSPS) is 11.2. The van der Waals surface area contributed by atoms with Crippen molar-refractivity contribution in [1.82, 2.24) is 20.2 Å². The van der Waals surface area contributed by atoms with Crippen LogP contribution < -0.4 is 5.73 Å². The molecule has 2 aromatic heterocycles. The van der Waals surface area contributed by atoms with Crippen LogP contribution in [0.3, 0.4) is 0 Å². The molecule has 0 spiro atoms. The number of anilines is 1. The zero-order valence-electron chi connectivity index (χ0n) is 8.46. The molecule has 2 heterocycles. The molecule has 3 aromatic rings. The number of nitrogen functional groups attached to an aromatic ring is 1. The highest BCUT2D eigenvalue weighted by molar-refractivity contribution is 5.81. The van der Waals surface area contributed by atoms with Crippen LogP contribution in [0.1, 0.15) is 0 Å². The molecular weight excluding hydrogens is 228 g/mol. The second kappa shape index (κ2) is 3.27. The topological polar surface area (TPSA) is 83.4 Å². The number of nitrogens with zero attached hydrogens (tertiary/aromatic N) is 2. The van der Waals surface area contributed by atoms with Crippen molar-refractivity contribution in [1.29, 1.82) is 0 Å². The Labute approximate surface area is 93.7 Å². The van der Waals surface area contributed by atoms with E-state index in [0.717, 1.165) is 6.07 Å². The fraction of sp³-hybridized carbons (Fsp3) is 0. The highest BCUT2D eigenvalue weighted by Crippen LogP contribution is 2.25. The molecule has 7 heteroatoms. The molecule has 0 aliphatic carbocycles. The molecule has 5 nitrogen and oxygen atoms in total. The molecule has 0 unspecified atom stereocenters. The number of nitrogens with one attached hydrogen (secondary N) is 2. The molecule has 3 rings (SSSR count). The van der Waals surface area contributed by atoms with Gasteiger partial charge in [-0.2, -0.15) is 5.10 Å². The van der Waals surface area contributed by atoms with E-state index in [1.54, 1.807) is 0 Å². The Bertz CT molecular complexity index is 700. The molecule has 0 saturated heterocycles. The second-order valence-corrected chi connectivity index (χ2v) is 3.54. The molecule has 0 radical (unpaired) electrons. The van der Waals surface area contributed by atoms with E-state index in [1.165, 1.54) is 12.3 Å². The number of hydrogen-bond donors (Lipinski definition) is 3. The fourth-order valence-electron chi connectivity index (χ4n) is 1.63. The molecule has 0 bridgehead atoms. The van der Waals surface area contributed by atoms with Crippen molar-refractivity contribution in [2.24, 2.45) is 0 Å². The van der Waals surface area contributed by atoms with Crippen LogP contribution in [-0.2, 0) is 0 Å². The van der Waals surface area contributed by atoms with Gasteiger partial charge in [0.05, 0.1) is 17.3 Å². The van der Waals surface area contributed by atoms with Gasteiger partial charge in [0.2, 0.25) is 0 Å². The Kier molecular flexibility index (Phi) is 1.88. The standard InChI is InChI=1S/C10H7F2N5/c11-5-1-2-6-8(7(5)12)16-10(15-6)4-3-14-17-9(4)13/h1-3H,(H,15,16)(H3,13,14,17). The molecule has 0 amide bonds. The summed E-state index contributed by atoms with van der Waals surface area (Å²) < 4.78 is 26.4. The summed E-state index contributed by atoms with van der Waals surface area (Å²) in [5, 5.41) is 6.27. The summed E-state index contributed by atoms with van der Waals surface area (Å²) in [6.45, 7) is 0. The van der Waals surface area contributed by atoms with Gasteiger partial charge in [-0.05, 0) is 12.1 Å². The fourth-order valence-corrected chi connectivity index (χ4v) is 1.63. The Morgan fingerprint density at radius 3 is 2.76 bits per heavy atom. The third-order valence-corrected chi connectivity index (χ3v) is 2.47. The summed E-state index contributed by atoms with van der Waals surface area (Å²) in [7, 11) is 0. The lowest BCUT2D eigenvalue weighted by molar-refractivity contribution is 0.515. The van der Waals surface area contributed by atoms with Gasteiger partial charge < -0.3 is 10.7 Å². The first kappa shape index (κ1) is 9.76. The van der Waals surface area contributed by atoms with E-state index in [4.69, 9.17) is 5.73 Å². The Morgan fingerprint density at radius 2 is 2.06 bits per heavy atom. The van der Waals surface area contributed by atoms with Crippen LogP contribution in [0.2, 0.25) is 0 Å². The van der Waals surface area contributed by atoms with Crippen LogP contribution in [0, 0.1) is 11.6 Å². The van der Waals surface area contributed by atoms with Crippen molar-refractivity contribution < 1.29 is 8.78 Å². The summed E-state index contributed by atoms with van der Waals surface area (Å²) in [5.41, 5.74) is 6.48. The average Bonchev–Trinajstić information content (AvgIpc) is 2.89. The lowest BCUT2D eigenvalue weighted by atomic mass is 10.3. The maximum atomic E-state index is 13.4. The number of aromatic nitrogens is 4. The zero-order valence-corrected chi connectivity index (χ0v) is 8.46. The third kappa shape index (κ3) is 1.36. The highest BCUT2D eigenvalue weighted by atomic mass is 19.2. The number of imidazole rings is 1. The number of fused-ring (bicyclic) bond motifs is 1. The SMILES string of the molecule is Nc1[nH]ncc1-c1nc2c(F)c(F)ccc2[nH]1. The van der Waals surface area contributed by atoms with Gasteiger partial charge in [-0.3, -0.25) is 5.10 Å². The first-order valence-corrected chi connectivity index (χ1v) is 4.80. The predicted octanol–water partition coefficient (Wildman–Crippen LogP) is 1.81. The summed E-state index contributed by atoms with van der Waals surface area (Å²) in [6.07, 6.45) is 1.46. The second-order valence-electron chi connectivity index (χ2n) is 3.54. The van der Waals surface area contributed by atoms with Gasteiger partial charge in [0, 0.05) is 0 Å². The smallest absolute Gasteiger partial charge is 0.186 e. The molecule has 0 atom stereocenters. The lowest BCUT2D eigenvalue weighted by Gasteiger charge is -1.91. The van der Waals surface area contributed by atoms with E-state index in [9.17, 15) is 8.78 Å². The predicted molar refractivity (Wildman–Crippen MR) is 58.0 cm³/mol. The molecule has 4 N–H and O–H groups in total. The van der Waals surface area contributed by atoms with Gasteiger partial charge in [0.15, 0.2) is 11.6 Å². The first-order valence-electron chi connectivity index (χ1n) is 4.80. The van der Waals surface area contributed by atoms with E-state index in [-0.39, 0.29) is 5.52 Å². The van der Waals surface area contributed by atoms with Gasteiger partial charge in [0.25, 0.3) is 0 Å². The monoisotopic (exact) mass is 235 g/mol. The summed E-state index contributed by atoms with van der Waals surface area (Å²) in [5.74, 6) is -1.26. The van der Waals surface area contributed by atoms with Crippen LogP contribution >= 0.6 is 0 Å². The molecule has 17 heavy (non-hydrogen) atoms. The largest absolute Gasteiger partial charge is 0.383 e. The van der Waals surface area contributed by atoms with Crippen molar-refractivity contribution in [3.05, 3.63) is 30.0 Å². The number of hydrogen-bond acceptors (Lipinski definition) is 3. The van der Waals surface area contributed by atoms with Gasteiger partial charge in [-0.25, -0.2) is 13.8 Å². The quantitative estimate of drug-likeness (QED) is 0.601. The summed E-state index contributed by atoms with van der Waals surface area (Å²) in [4.78, 5) is 6.81. The Morgan fingerprint density at radius 1 is 1.24 bits per heavy atom. The minimum atomic E-state index is -0.980. The van der Waals surface area contributed by atoms with Crippen molar-refractivity contribution in [3.63, 3.8) is 0 Å². The first-order chi connectivity index (χ1) is 8.16. The van der Waals surface area contributed by atoms with Crippen molar-refractivity contribution in [2.45, 2.75) is 0 Å². The van der Waals surface area contributed by atoms with Crippen LogP contribution in [0.4, 0.5) is 14.6 Å². The summed E-state index contributed by atoms with van der Waals surface area (Å²) in [6, 6.07) is 2.46. The Hall–Kier alpha value is -2.44. The average molecular weight is 235 g/mol. The number of nitrogens with two attached hydrogens (primary N) is 1. The van der Waals surface area contributed by atoms with E-state index in [2.05, 4.69) is 20.2 Å². The molecule has 0 fully saturated rings. The van der Waals surface area contributed by atoms with E-state index in [0.29, 0.717) is 22.7 Å². The van der Waals surface area contributed by atoms with Crippen LogP contribution in [-0.4, -0.2) is 20.2 Å². The van der Waals surface area contributed by atoms with Crippen LogP contribution in [0.25, 0.3) is 22.4 Å². The minimum absolute atomic E-state index is 0.0550. The maximum Gasteiger partial charge on any atom is 0.186 e. The molecular formula is C10H7F2N5. The van der Waals surface area contributed by atoms with Crippen LogP contribution in [0.5, 0.6) is 0 Å². The van der Waals surface area contributed by atoms with Gasteiger partial charge in [-0.15, -0.1) is 0 Å². The van der Waals surface area contributed by atoms with Crippen LogP contribution in [0.15, 0.2) is 18.3 Å². The summed E-state index contributed by atoms with van der Waals surface area (Å²) >= 11 is 0. The van der Waals surface area contributed by atoms with Crippen molar-refractivity contribution >= 4 is 16.9 Å². The Balaban J connectivity index is 2.27. The van der Waals surface area contributed by atoms with Gasteiger partial charge in [-0.1, -0.05) is 0 Å². The van der Waals surface area contributed by atoms with Gasteiger partial charge in [0.1, 0.15) is 17.2 Å². The number of H-pyrrole nitrogens is 2.